The molecule has 0 bridgehead atoms. The van der Waals surface area contributed by atoms with Gasteiger partial charge in [0.05, 0.1) is 13.2 Å². The predicted molar refractivity (Wildman–Crippen MR) is 65.6 cm³/mol. The summed E-state index contributed by atoms with van der Waals surface area (Å²) in [6, 6.07) is 9.29. The molecule has 2 nitrogen and oxygen atoms in total. The number of hydrogen-bond acceptors (Lipinski definition) is 1. The quantitative estimate of drug-likeness (QED) is 0.830. The minimum absolute atomic E-state index is 0.665. The first-order valence-corrected chi connectivity index (χ1v) is 6.46. The van der Waals surface area contributed by atoms with Crippen LogP contribution in [0.5, 0.6) is 5.75 Å². The maximum absolute atomic E-state index is 5.46. The lowest BCUT2D eigenvalue weighted by atomic mass is 10.0. The molecule has 0 unspecified atom stereocenters. The Balaban J connectivity index is 2.01. The number of quaternary nitrogens is 1. The topological polar surface area (TPSA) is 25.8 Å². The van der Waals surface area contributed by atoms with E-state index in [1.807, 2.05) is 6.92 Å². The average Bonchev–Trinajstić information content (AvgIpc) is 2.59. The Kier molecular flexibility index (Phi) is 4.23. The summed E-state index contributed by atoms with van der Waals surface area (Å²) in [6.45, 7) is 4.04. The molecule has 0 aromatic heterocycles. The van der Waals surface area contributed by atoms with Gasteiger partial charge in [-0.1, -0.05) is 0 Å². The van der Waals surface area contributed by atoms with E-state index in [0.29, 0.717) is 6.04 Å². The van der Waals surface area contributed by atoms with Crippen LogP contribution < -0.4 is 10.1 Å². The number of ether oxygens (including phenoxy) is 1. The highest BCUT2D eigenvalue weighted by molar-refractivity contribution is 5.28. The molecule has 0 spiro atoms. The molecule has 1 fully saturated rings. The van der Waals surface area contributed by atoms with E-state index in [-0.39, 0.29) is 0 Å². The van der Waals surface area contributed by atoms with Gasteiger partial charge in [0, 0.05) is 12.0 Å². The van der Waals surface area contributed by atoms with Crippen molar-refractivity contribution in [3.05, 3.63) is 29.8 Å². The van der Waals surface area contributed by atoms with Gasteiger partial charge in [0.1, 0.15) is 11.8 Å². The summed E-state index contributed by atoms with van der Waals surface area (Å²) in [4.78, 5) is 0. The highest BCUT2D eigenvalue weighted by Gasteiger charge is 2.16. The fraction of sp³-hybridized carbons (Fsp3) is 0.571. The van der Waals surface area contributed by atoms with Crippen molar-refractivity contribution in [2.45, 2.75) is 38.6 Å². The first-order valence-electron chi connectivity index (χ1n) is 6.46. The molecule has 1 atom stereocenters. The SMILES string of the molecule is CCOc1ccc([C@@H]2CCCCC[NH2+]2)cc1. The third-order valence-electron chi connectivity index (χ3n) is 3.29. The van der Waals surface area contributed by atoms with Crippen molar-refractivity contribution >= 4 is 0 Å². The highest BCUT2D eigenvalue weighted by Crippen LogP contribution is 2.20. The smallest absolute Gasteiger partial charge is 0.119 e. The van der Waals surface area contributed by atoms with Gasteiger partial charge in [-0.25, -0.2) is 0 Å². The molecule has 0 aliphatic carbocycles. The zero-order chi connectivity index (χ0) is 11.2. The van der Waals surface area contributed by atoms with Gasteiger partial charge in [-0.3, -0.25) is 0 Å². The van der Waals surface area contributed by atoms with Gasteiger partial charge in [0.15, 0.2) is 0 Å². The molecule has 1 aromatic carbocycles. The molecular weight excluding hydrogens is 198 g/mol. The summed E-state index contributed by atoms with van der Waals surface area (Å²) in [5.41, 5.74) is 1.45. The van der Waals surface area contributed by atoms with E-state index in [1.54, 1.807) is 0 Å². The van der Waals surface area contributed by atoms with Crippen LogP contribution >= 0.6 is 0 Å². The Morgan fingerprint density at radius 1 is 1.19 bits per heavy atom. The van der Waals surface area contributed by atoms with Crippen LogP contribution in [0.3, 0.4) is 0 Å². The molecule has 0 saturated carbocycles. The van der Waals surface area contributed by atoms with Crippen LogP contribution in [0.1, 0.15) is 44.2 Å². The Hall–Kier alpha value is -1.02. The number of nitrogens with two attached hydrogens (primary N) is 1. The number of benzene rings is 1. The molecule has 1 heterocycles. The number of rotatable bonds is 3. The van der Waals surface area contributed by atoms with E-state index >= 15 is 0 Å². The van der Waals surface area contributed by atoms with Crippen LogP contribution in [0.4, 0.5) is 0 Å². The lowest BCUT2D eigenvalue weighted by Crippen LogP contribution is -2.84. The maximum Gasteiger partial charge on any atom is 0.119 e. The monoisotopic (exact) mass is 220 g/mol. The lowest BCUT2D eigenvalue weighted by molar-refractivity contribution is -0.694. The minimum Gasteiger partial charge on any atom is -0.494 e. The molecule has 0 amide bonds. The van der Waals surface area contributed by atoms with Gasteiger partial charge in [-0.2, -0.15) is 0 Å². The van der Waals surface area contributed by atoms with Gasteiger partial charge in [0.25, 0.3) is 0 Å². The molecule has 2 rings (SSSR count). The maximum atomic E-state index is 5.46. The van der Waals surface area contributed by atoms with E-state index < -0.39 is 0 Å². The summed E-state index contributed by atoms with van der Waals surface area (Å²) in [5.74, 6) is 0.986. The second kappa shape index (κ2) is 5.90. The van der Waals surface area contributed by atoms with Crippen molar-refractivity contribution in [2.24, 2.45) is 0 Å². The van der Waals surface area contributed by atoms with Crippen LogP contribution in [0.2, 0.25) is 0 Å². The zero-order valence-electron chi connectivity index (χ0n) is 10.1. The molecule has 2 N–H and O–H groups in total. The summed E-state index contributed by atoms with van der Waals surface area (Å²) in [5, 5.41) is 2.49. The van der Waals surface area contributed by atoms with Gasteiger partial charge >= 0.3 is 0 Å². The van der Waals surface area contributed by atoms with Crippen LogP contribution in [0.25, 0.3) is 0 Å². The van der Waals surface area contributed by atoms with Crippen molar-refractivity contribution in [3.63, 3.8) is 0 Å². The van der Waals surface area contributed by atoms with E-state index in [1.165, 1.54) is 37.8 Å². The number of hydrogen-bond donors (Lipinski definition) is 1. The Morgan fingerprint density at radius 2 is 2.00 bits per heavy atom. The second-order valence-corrected chi connectivity index (χ2v) is 4.48. The first-order chi connectivity index (χ1) is 7.90. The molecule has 1 saturated heterocycles. The van der Waals surface area contributed by atoms with Gasteiger partial charge < -0.3 is 10.1 Å². The largest absolute Gasteiger partial charge is 0.494 e. The van der Waals surface area contributed by atoms with Crippen LogP contribution in [0, 0.1) is 0 Å². The molecule has 88 valence electrons. The fourth-order valence-corrected chi connectivity index (χ4v) is 2.40. The standard InChI is InChI=1S/C14H21NO/c1-2-16-13-9-7-12(8-10-13)14-6-4-3-5-11-15-14/h7-10,14-15H,2-6,11H2,1H3/p+1/t14-/m0/s1. The molecule has 1 aliphatic heterocycles. The first kappa shape index (κ1) is 11.5. The molecule has 1 aliphatic rings. The van der Waals surface area contributed by atoms with Gasteiger partial charge in [0.2, 0.25) is 0 Å². The average molecular weight is 220 g/mol. The zero-order valence-corrected chi connectivity index (χ0v) is 10.1. The van der Waals surface area contributed by atoms with Gasteiger partial charge in [-0.15, -0.1) is 0 Å². The molecular formula is C14H22NO+. The van der Waals surface area contributed by atoms with Crippen LogP contribution in [-0.2, 0) is 0 Å². The van der Waals surface area contributed by atoms with Crippen molar-refractivity contribution in [1.29, 1.82) is 0 Å². The van der Waals surface area contributed by atoms with E-state index in [9.17, 15) is 0 Å². The normalized spacial score (nSPS) is 21.4. The fourth-order valence-electron chi connectivity index (χ4n) is 2.40. The molecule has 0 radical (unpaired) electrons. The van der Waals surface area contributed by atoms with E-state index in [2.05, 4.69) is 29.6 Å². The summed E-state index contributed by atoms with van der Waals surface area (Å²) in [7, 11) is 0. The Labute approximate surface area is 98.0 Å². The summed E-state index contributed by atoms with van der Waals surface area (Å²) >= 11 is 0. The molecule has 1 aromatic rings. The molecule has 2 heteroatoms. The molecule has 16 heavy (non-hydrogen) atoms. The minimum atomic E-state index is 0.665. The predicted octanol–water partition coefficient (Wildman–Crippen LogP) is 2.26. The summed E-state index contributed by atoms with van der Waals surface area (Å²) < 4.78 is 5.46. The van der Waals surface area contributed by atoms with Crippen LogP contribution in [-0.4, -0.2) is 13.2 Å². The van der Waals surface area contributed by atoms with Crippen LogP contribution in [0.15, 0.2) is 24.3 Å². The van der Waals surface area contributed by atoms with Crippen molar-refractivity contribution < 1.29 is 10.1 Å². The van der Waals surface area contributed by atoms with E-state index in [0.717, 1.165) is 12.4 Å². The second-order valence-electron chi connectivity index (χ2n) is 4.48. The third-order valence-corrected chi connectivity index (χ3v) is 3.29. The van der Waals surface area contributed by atoms with Crippen molar-refractivity contribution in [1.82, 2.24) is 0 Å². The lowest BCUT2D eigenvalue weighted by Gasteiger charge is -2.13. The highest BCUT2D eigenvalue weighted by atomic mass is 16.5. The van der Waals surface area contributed by atoms with Gasteiger partial charge in [-0.05, 0) is 50.5 Å². The van der Waals surface area contributed by atoms with Crippen molar-refractivity contribution in [2.75, 3.05) is 13.2 Å². The van der Waals surface area contributed by atoms with Crippen molar-refractivity contribution in [3.8, 4) is 5.75 Å². The summed E-state index contributed by atoms with van der Waals surface area (Å²) in [6.07, 6.45) is 5.44. The third kappa shape index (κ3) is 2.99. The Morgan fingerprint density at radius 3 is 2.75 bits per heavy atom. The Bertz CT molecular complexity index is 299. The van der Waals surface area contributed by atoms with E-state index in [4.69, 9.17) is 4.74 Å².